The molecule has 0 bridgehead atoms. The highest BCUT2D eigenvalue weighted by Crippen LogP contribution is 2.29. The van der Waals surface area contributed by atoms with Gasteiger partial charge >= 0.3 is 0 Å². The lowest BCUT2D eigenvalue weighted by Crippen LogP contribution is -2.52. The summed E-state index contributed by atoms with van der Waals surface area (Å²) < 4.78 is 11.1. The SMILES string of the molecule is COc1cccc(OC)c1CCN[C@H]1CCN(C(=O)c2cc(C)cc(C)c2)[C@@H](Cc2ccccc2)C1. The Kier molecular flexibility index (Phi) is 8.65. The highest BCUT2D eigenvalue weighted by molar-refractivity contribution is 5.95. The molecule has 1 aliphatic rings. The maximum Gasteiger partial charge on any atom is 0.254 e. The van der Waals surface area contributed by atoms with Crippen LogP contribution >= 0.6 is 0 Å². The molecular formula is C31H38N2O3. The number of rotatable bonds is 9. The molecule has 3 aromatic carbocycles. The molecule has 190 valence electrons. The van der Waals surface area contributed by atoms with Crippen molar-refractivity contribution in [3.05, 3.63) is 94.5 Å². The summed E-state index contributed by atoms with van der Waals surface area (Å²) in [6.45, 7) is 5.68. The quantitative estimate of drug-likeness (QED) is 0.442. The van der Waals surface area contributed by atoms with Gasteiger partial charge in [0.05, 0.1) is 14.2 Å². The van der Waals surface area contributed by atoms with Gasteiger partial charge in [-0.3, -0.25) is 4.79 Å². The number of benzene rings is 3. The third-order valence-electron chi connectivity index (χ3n) is 7.10. The first kappa shape index (κ1) is 25.8. The van der Waals surface area contributed by atoms with Crippen molar-refractivity contribution in [2.45, 2.75) is 51.6 Å². The second kappa shape index (κ2) is 12.1. The molecule has 1 N–H and O–H groups in total. The molecule has 0 saturated carbocycles. The maximum absolute atomic E-state index is 13.6. The van der Waals surface area contributed by atoms with Gasteiger partial charge in [0.15, 0.2) is 0 Å². The van der Waals surface area contributed by atoms with E-state index >= 15 is 0 Å². The number of carbonyl (C=O) groups excluding carboxylic acids is 1. The Labute approximate surface area is 215 Å². The summed E-state index contributed by atoms with van der Waals surface area (Å²) in [5, 5.41) is 3.76. The van der Waals surface area contributed by atoms with Gasteiger partial charge < -0.3 is 19.7 Å². The van der Waals surface area contributed by atoms with Crippen molar-refractivity contribution in [2.75, 3.05) is 27.3 Å². The minimum Gasteiger partial charge on any atom is -0.496 e. The Bertz CT molecular complexity index is 1120. The summed E-state index contributed by atoms with van der Waals surface area (Å²) in [6, 6.07) is 23.0. The Balaban J connectivity index is 1.46. The highest BCUT2D eigenvalue weighted by atomic mass is 16.5. The van der Waals surface area contributed by atoms with E-state index in [1.165, 1.54) is 5.56 Å². The number of carbonyl (C=O) groups is 1. The summed E-state index contributed by atoms with van der Waals surface area (Å²) in [4.78, 5) is 15.7. The molecule has 4 rings (SSSR count). The topological polar surface area (TPSA) is 50.8 Å². The van der Waals surface area contributed by atoms with Crippen LogP contribution in [0.15, 0.2) is 66.7 Å². The van der Waals surface area contributed by atoms with Crippen LogP contribution in [0.2, 0.25) is 0 Å². The number of amides is 1. The Hall–Kier alpha value is -3.31. The molecule has 2 atom stereocenters. The van der Waals surface area contributed by atoms with E-state index < -0.39 is 0 Å². The van der Waals surface area contributed by atoms with E-state index in [4.69, 9.17) is 9.47 Å². The molecule has 36 heavy (non-hydrogen) atoms. The minimum absolute atomic E-state index is 0.139. The van der Waals surface area contributed by atoms with Crippen LogP contribution in [-0.2, 0) is 12.8 Å². The van der Waals surface area contributed by atoms with Crippen LogP contribution in [0.5, 0.6) is 11.5 Å². The van der Waals surface area contributed by atoms with E-state index in [1.807, 2.05) is 36.4 Å². The van der Waals surface area contributed by atoms with E-state index in [0.29, 0.717) is 6.04 Å². The van der Waals surface area contributed by atoms with Crippen molar-refractivity contribution in [2.24, 2.45) is 0 Å². The zero-order valence-corrected chi connectivity index (χ0v) is 21.9. The lowest BCUT2D eigenvalue weighted by Gasteiger charge is -2.40. The number of ether oxygens (including phenoxy) is 2. The van der Waals surface area contributed by atoms with Crippen LogP contribution < -0.4 is 14.8 Å². The lowest BCUT2D eigenvalue weighted by molar-refractivity contribution is 0.0577. The van der Waals surface area contributed by atoms with Crippen LogP contribution in [0, 0.1) is 13.8 Å². The number of hydrogen-bond acceptors (Lipinski definition) is 4. The largest absolute Gasteiger partial charge is 0.496 e. The summed E-state index contributed by atoms with van der Waals surface area (Å²) in [5.74, 6) is 1.85. The van der Waals surface area contributed by atoms with Crippen molar-refractivity contribution >= 4 is 5.91 Å². The maximum atomic E-state index is 13.6. The monoisotopic (exact) mass is 486 g/mol. The highest BCUT2D eigenvalue weighted by Gasteiger charge is 2.32. The Morgan fingerprint density at radius 1 is 0.944 bits per heavy atom. The van der Waals surface area contributed by atoms with E-state index in [0.717, 1.165) is 72.5 Å². The Morgan fingerprint density at radius 2 is 1.61 bits per heavy atom. The molecule has 0 radical (unpaired) electrons. The molecule has 0 aromatic heterocycles. The molecular weight excluding hydrogens is 448 g/mol. The summed E-state index contributed by atoms with van der Waals surface area (Å²) in [7, 11) is 3.39. The van der Waals surface area contributed by atoms with Gasteiger partial charge in [-0.25, -0.2) is 0 Å². The van der Waals surface area contributed by atoms with Gasteiger partial charge in [-0.15, -0.1) is 0 Å². The van der Waals surface area contributed by atoms with Crippen molar-refractivity contribution in [3.63, 3.8) is 0 Å². The molecule has 1 heterocycles. The summed E-state index contributed by atoms with van der Waals surface area (Å²) in [5.41, 5.74) is 5.39. The first-order chi connectivity index (χ1) is 17.5. The zero-order valence-electron chi connectivity index (χ0n) is 21.9. The molecule has 1 saturated heterocycles. The molecule has 0 unspecified atom stereocenters. The van der Waals surface area contributed by atoms with E-state index in [2.05, 4.69) is 54.4 Å². The normalized spacial score (nSPS) is 17.6. The number of hydrogen-bond donors (Lipinski definition) is 1. The van der Waals surface area contributed by atoms with Crippen molar-refractivity contribution in [1.29, 1.82) is 0 Å². The van der Waals surface area contributed by atoms with E-state index in [-0.39, 0.29) is 11.9 Å². The van der Waals surface area contributed by atoms with Crippen molar-refractivity contribution in [1.82, 2.24) is 10.2 Å². The van der Waals surface area contributed by atoms with Gasteiger partial charge in [0.2, 0.25) is 0 Å². The molecule has 1 amide bonds. The number of piperidine rings is 1. The molecule has 0 spiro atoms. The molecule has 1 aliphatic heterocycles. The predicted octanol–water partition coefficient (Wildman–Crippen LogP) is 5.37. The second-order valence-corrected chi connectivity index (χ2v) is 9.78. The number of aryl methyl sites for hydroxylation is 2. The average Bonchev–Trinajstić information content (AvgIpc) is 2.88. The average molecular weight is 487 g/mol. The molecule has 5 heteroatoms. The summed E-state index contributed by atoms with van der Waals surface area (Å²) in [6.07, 6.45) is 3.54. The smallest absolute Gasteiger partial charge is 0.254 e. The first-order valence-electron chi connectivity index (χ1n) is 12.8. The lowest BCUT2D eigenvalue weighted by atomic mass is 9.91. The van der Waals surface area contributed by atoms with Crippen molar-refractivity contribution in [3.8, 4) is 11.5 Å². The number of methoxy groups -OCH3 is 2. The van der Waals surface area contributed by atoms with Crippen LogP contribution in [0.25, 0.3) is 0 Å². The van der Waals surface area contributed by atoms with Gasteiger partial charge in [0.1, 0.15) is 11.5 Å². The standard InChI is InChI=1S/C31H38N2O3/c1-22-17-23(2)19-25(18-22)31(34)33-16-14-26(21-27(33)20-24-9-6-5-7-10-24)32-15-13-28-29(35-3)11-8-12-30(28)36-4/h5-12,17-19,26-27,32H,13-16,20-21H2,1-4H3/t26-,27-/m0/s1. The molecule has 3 aromatic rings. The fourth-order valence-corrected chi connectivity index (χ4v) is 5.42. The molecule has 1 fully saturated rings. The third kappa shape index (κ3) is 6.27. The number of likely N-dealkylation sites (tertiary alicyclic amines) is 1. The van der Waals surface area contributed by atoms with Gasteiger partial charge in [0, 0.05) is 29.8 Å². The third-order valence-corrected chi connectivity index (χ3v) is 7.10. The first-order valence-corrected chi connectivity index (χ1v) is 12.8. The van der Waals surface area contributed by atoms with Crippen LogP contribution in [0.3, 0.4) is 0 Å². The van der Waals surface area contributed by atoms with Gasteiger partial charge in [-0.2, -0.15) is 0 Å². The van der Waals surface area contributed by atoms with Crippen LogP contribution in [0.4, 0.5) is 0 Å². The van der Waals surface area contributed by atoms with E-state index in [1.54, 1.807) is 14.2 Å². The van der Waals surface area contributed by atoms with Gasteiger partial charge in [0.25, 0.3) is 5.91 Å². The van der Waals surface area contributed by atoms with Crippen LogP contribution in [-0.4, -0.2) is 50.2 Å². The summed E-state index contributed by atoms with van der Waals surface area (Å²) >= 11 is 0. The fraction of sp³-hybridized carbons (Fsp3) is 0.387. The molecule has 0 aliphatic carbocycles. The second-order valence-electron chi connectivity index (χ2n) is 9.78. The van der Waals surface area contributed by atoms with Gasteiger partial charge in [-0.1, -0.05) is 53.6 Å². The van der Waals surface area contributed by atoms with E-state index in [9.17, 15) is 4.79 Å². The predicted molar refractivity (Wildman–Crippen MR) is 145 cm³/mol. The zero-order chi connectivity index (χ0) is 25.5. The molecule has 5 nitrogen and oxygen atoms in total. The van der Waals surface area contributed by atoms with Crippen LogP contribution in [0.1, 0.15) is 45.5 Å². The van der Waals surface area contributed by atoms with Crippen molar-refractivity contribution < 1.29 is 14.3 Å². The van der Waals surface area contributed by atoms with Gasteiger partial charge in [-0.05, 0) is 75.9 Å². The minimum atomic E-state index is 0.139. The number of nitrogens with one attached hydrogen (secondary N) is 1. The number of nitrogens with zero attached hydrogens (tertiary/aromatic N) is 1. The Morgan fingerprint density at radius 3 is 2.25 bits per heavy atom. The fourth-order valence-electron chi connectivity index (χ4n) is 5.42.